The van der Waals surface area contributed by atoms with Crippen molar-refractivity contribution in [3.63, 3.8) is 0 Å². The number of aliphatic hydroxyl groups excluding tert-OH is 12. The highest BCUT2D eigenvalue weighted by molar-refractivity contribution is 5.73. The number of carbonyl (C=O) groups excluding carboxylic acids is 1. The Bertz CT molecular complexity index is 1040. The molecule has 0 aromatic rings. The molecule has 1 unspecified atom stereocenters. The van der Waals surface area contributed by atoms with E-state index in [1.807, 2.05) is 0 Å². The second kappa shape index (κ2) is 17.5. The maximum atomic E-state index is 11.8. The van der Waals surface area contributed by atoms with Crippen LogP contribution in [0.3, 0.4) is 0 Å². The van der Waals surface area contributed by atoms with Crippen molar-refractivity contribution in [1.82, 2.24) is 5.32 Å². The van der Waals surface area contributed by atoms with E-state index < -0.39 is 155 Å². The van der Waals surface area contributed by atoms with Gasteiger partial charge in [0.1, 0.15) is 97.6 Å². The Hall–Kier alpha value is -1.33. The molecular formula is C27H47NO21. The van der Waals surface area contributed by atoms with Gasteiger partial charge in [0.25, 0.3) is 0 Å². The predicted molar refractivity (Wildman–Crippen MR) is 150 cm³/mol. The van der Waals surface area contributed by atoms with Gasteiger partial charge in [0.05, 0.1) is 26.4 Å². The van der Waals surface area contributed by atoms with E-state index in [-0.39, 0.29) is 0 Å². The molecule has 13 N–H and O–H groups in total. The molecule has 286 valence electrons. The first-order chi connectivity index (χ1) is 23.2. The van der Waals surface area contributed by atoms with Gasteiger partial charge in [-0.3, -0.25) is 4.79 Å². The van der Waals surface area contributed by atoms with Crippen LogP contribution in [0.2, 0.25) is 0 Å². The molecule has 0 spiro atoms. The van der Waals surface area contributed by atoms with Gasteiger partial charge < -0.3 is 104 Å². The Balaban J connectivity index is 1.51. The van der Waals surface area contributed by atoms with Gasteiger partial charge in [-0.1, -0.05) is 0 Å². The lowest BCUT2D eigenvalue weighted by molar-refractivity contribution is -0.386. The van der Waals surface area contributed by atoms with Gasteiger partial charge in [0, 0.05) is 14.0 Å². The van der Waals surface area contributed by atoms with Crippen molar-refractivity contribution in [3.8, 4) is 0 Å². The van der Waals surface area contributed by atoms with Gasteiger partial charge in [-0.25, -0.2) is 0 Å². The Morgan fingerprint density at radius 2 is 0.918 bits per heavy atom. The van der Waals surface area contributed by atoms with Gasteiger partial charge in [0.15, 0.2) is 25.2 Å². The van der Waals surface area contributed by atoms with Crippen LogP contribution in [0.25, 0.3) is 0 Å². The average molecular weight is 722 g/mol. The highest BCUT2D eigenvalue weighted by atomic mass is 16.8. The van der Waals surface area contributed by atoms with E-state index >= 15 is 0 Å². The third-order valence-electron chi connectivity index (χ3n) is 8.82. The molecule has 0 aliphatic carbocycles. The minimum atomic E-state index is -2.01. The van der Waals surface area contributed by atoms with E-state index in [0.717, 1.165) is 6.92 Å². The Labute approximate surface area is 278 Å². The first kappa shape index (κ1) is 40.4. The molecule has 49 heavy (non-hydrogen) atoms. The van der Waals surface area contributed by atoms with Crippen LogP contribution >= 0.6 is 0 Å². The van der Waals surface area contributed by atoms with Crippen molar-refractivity contribution in [1.29, 1.82) is 0 Å². The van der Waals surface area contributed by atoms with Crippen LogP contribution in [-0.4, -0.2) is 223 Å². The second-order valence-electron chi connectivity index (χ2n) is 12.1. The van der Waals surface area contributed by atoms with E-state index in [1.54, 1.807) is 0 Å². The van der Waals surface area contributed by atoms with E-state index in [9.17, 15) is 66.1 Å². The monoisotopic (exact) mass is 721 g/mol. The molecule has 4 rings (SSSR count). The maximum Gasteiger partial charge on any atom is 0.217 e. The summed E-state index contributed by atoms with van der Waals surface area (Å²) >= 11 is 0. The number of rotatable bonds is 12. The van der Waals surface area contributed by atoms with Crippen LogP contribution in [0.4, 0.5) is 0 Å². The Kier molecular flexibility index (Phi) is 14.4. The summed E-state index contributed by atoms with van der Waals surface area (Å²) in [5.74, 6) is -0.687. The molecule has 4 aliphatic rings. The Morgan fingerprint density at radius 3 is 1.41 bits per heavy atom. The minimum absolute atomic E-state index is 0.687. The SMILES string of the molecule is COC1O[C@H](CO)[C@@H](O[C@@H]2O[C@H](CO)[C@H](O[C@H]3O[C@H](CO)[C@H](O)[C@H](O[C@@H]4O[C@H](CO)[C@H](O)[C@H](O)[C@H]4NC(C)=O)[C@H]3O)[C@H](O)[C@H]2O)[C@H](O)[C@H]1O. The molecule has 4 aliphatic heterocycles. The van der Waals surface area contributed by atoms with Gasteiger partial charge >= 0.3 is 0 Å². The van der Waals surface area contributed by atoms with Crippen LogP contribution in [0.5, 0.6) is 0 Å². The third kappa shape index (κ3) is 8.50. The molecule has 0 aromatic carbocycles. The number of aliphatic hydroxyl groups is 12. The maximum absolute atomic E-state index is 11.8. The lowest BCUT2D eigenvalue weighted by atomic mass is 9.95. The van der Waals surface area contributed by atoms with Crippen LogP contribution in [0.15, 0.2) is 0 Å². The summed E-state index contributed by atoms with van der Waals surface area (Å²) in [6, 6.07) is -1.48. The van der Waals surface area contributed by atoms with Crippen molar-refractivity contribution in [3.05, 3.63) is 0 Å². The fourth-order valence-corrected chi connectivity index (χ4v) is 6.13. The fraction of sp³-hybridized carbons (Fsp3) is 0.963. The van der Waals surface area contributed by atoms with Gasteiger partial charge in [-0.2, -0.15) is 0 Å². The summed E-state index contributed by atoms with van der Waals surface area (Å²) in [5.41, 5.74) is 0. The quantitative estimate of drug-likeness (QED) is 0.0889. The highest BCUT2D eigenvalue weighted by Crippen LogP contribution is 2.34. The zero-order chi connectivity index (χ0) is 36.3. The van der Waals surface area contributed by atoms with E-state index in [2.05, 4.69) is 5.32 Å². The lowest BCUT2D eigenvalue weighted by Crippen LogP contribution is -2.69. The van der Waals surface area contributed by atoms with E-state index in [0.29, 0.717) is 0 Å². The smallest absolute Gasteiger partial charge is 0.217 e. The molecule has 20 atom stereocenters. The van der Waals surface area contributed by atoms with Crippen molar-refractivity contribution in [2.45, 2.75) is 130 Å². The first-order valence-electron chi connectivity index (χ1n) is 15.5. The topological polar surface area (TPSA) is 346 Å². The standard InChI is InChI=1S/C27H47NO21/c1-7(33)28-12-15(36)13(34)8(3-29)43-24(12)49-23-14(35)9(4-30)44-27(20(23)41)48-22-11(6-32)46-26(19(40)17(22)38)47-21-10(5-31)45-25(42-2)18(39)16(21)37/h8-27,29-32,34-41H,3-6H2,1-2H3,(H,28,33)/t8-,9-,10-,11-,12-,13+,14+,15-,16-,17-,18-,19-,20-,21-,22+,23+,24+,25?,26+,27-/m1/s1. The second-order valence-corrected chi connectivity index (χ2v) is 12.1. The number of ether oxygens (including phenoxy) is 8. The number of hydrogen-bond donors (Lipinski definition) is 13. The first-order valence-corrected chi connectivity index (χ1v) is 15.5. The number of amides is 1. The summed E-state index contributed by atoms with van der Waals surface area (Å²) in [5, 5.41) is 128. The van der Waals surface area contributed by atoms with Crippen LogP contribution in [0.1, 0.15) is 6.92 Å². The zero-order valence-corrected chi connectivity index (χ0v) is 26.4. The van der Waals surface area contributed by atoms with Crippen LogP contribution in [-0.2, 0) is 42.7 Å². The number of hydrogen-bond acceptors (Lipinski definition) is 21. The number of nitrogens with one attached hydrogen (secondary N) is 1. The highest BCUT2D eigenvalue weighted by Gasteiger charge is 2.55. The van der Waals surface area contributed by atoms with Crippen molar-refractivity contribution < 1.29 is 104 Å². The molecule has 1 amide bonds. The fourth-order valence-electron chi connectivity index (χ4n) is 6.13. The van der Waals surface area contributed by atoms with Crippen LogP contribution in [0, 0.1) is 0 Å². The molecule has 0 bridgehead atoms. The summed E-state index contributed by atoms with van der Waals surface area (Å²) in [7, 11) is 1.19. The molecule has 22 heteroatoms. The summed E-state index contributed by atoms with van der Waals surface area (Å²) < 4.78 is 43.9. The lowest BCUT2D eigenvalue weighted by Gasteiger charge is -2.49. The molecular weight excluding hydrogens is 674 g/mol. The molecule has 4 fully saturated rings. The summed E-state index contributed by atoms with van der Waals surface area (Å²) in [6.07, 6.45) is -32.2. The molecule has 0 aromatic heterocycles. The number of methoxy groups -OCH3 is 1. The molecule has 4 heterocycles. The Morgan fingerprint density at radius 1 is 0.510 bits per heavy atom. The average Bonchev–Trinajstić information content (AvgIpc) is 3.08. The van der Waals surface area contributed by atoms with Crippen molar-refractivity contribution >= 4 is 5.91 Å². The summed E-state index contributed by atoms with van der Waals surface area (Å²) in [6.45, 7) is -2.22. The third-order valence-corrected chi connectivity index (χ3v) is 8.82. The molecule has 0 saturated carbocycles. The predicted octanol–water partition coefficient (Wildman–Crippen LogP) is -8.95. The normalized spacial score (nSPS) is 49.4. The molecule has 22 nitrogen and oxygen atoms in total. The zero-order valence-electron chi connectivity index (χ0n) is 26.4. The molecule has 4 saturated heterocycles. The van der Waals surface area contributed by atoms with Gasteiger partial charge in [-0.05, 0) is 0 Å². The largest absolute Gasteiger partial charge is 0.394 e. The van der Waals surface area contributed by atoms with Gasteiger partial charge in [0.2, 0.25) is 5.91 Å². The van der Waals surface area contributed by atoms with Crippen molar-refractivity contribution in [2.24, 2.45) is 0 Å². The minimum Gasteiger partial charge on any atom is -0.394 e. The molecule has 0 radical (unpaired) electrons. The summed E-state index contributed by atoms with van der Waals surface area (Å²) in [4.78, 5) is 11.8. The van der Waals surface area contributed by atoms with E-state index in [1.165, 1.54) is 7.11 Å². The van der Waals surface area contributed by atoms with Crippen molar-refractivity contribution in [2.75, 3.05) is 33.5 Å². The number of carbonyl (C=O) groups is 1. The van der Waals surface area contributed by atoms with Crippen LogP contribution < -0.4 is 5.32 Å². The van der Waals surface area contributed by atoms with E-state index in [4.69, 9.17) is 37.9 Å². The van der Waals surface area contributed by atoms with Gasteiger partial charge in [-0.15, -0.1) is 0 Å².